The first-order valence-corrected chi connectivity index (χ1v) is 6.66. The minimum atomic E-state index is -0.216. The molecule has 0 bridgehead atoms. The molecule has 1 unspecified atom stereocenters. The average Bonchev–Trinajstić information content (AvgIpc) is 2.41. The summed E-state index contributed by atoms with van der Waals surface area (Å²) >= 11 is 5.94. The van der Waals surface area contributed by atoms with Crippen LogP contribution >= 0.6 is 11.6 Å². The van der Waals surface area contributed by atoms with Crippen molar-refractivity contribution in [3.8, 4) is 5.75 Å². The largest absolute Gasteiger partial charge is 0.482 e. The second-order valence-corrected chi connectivity index (χ2v) is 5.09. The molecule has 0 radical (unpaired) electrons. The molecule has 2 rings (SSSR count). The lowest BCUT2D eigenvalue weighted by Crippen LogP contribution is -2.43. The summed E-state index contributed by atoms with van der Waals surface area (Å²) in [6.07, 6.45) is 0.764. The molecule has 4 nitrogen and oxygen atoms in total. The van der Waals surface area contributed by atoms with E-state index in [0.29, 0.717) is 16.5 Å². The van der Waals surface area contributed by atoms with E-state index in [0.717, 1.165) is 6.42 Å². The molecule has 1 aromatic carbocycles. The van der Waals surface area contributed by atoms with E-state index < -0.39 is 0 Å². The molecule has 1 aromatic rings. The molecule has 102 valence electrons. The number of rotatable bonds is 4. The Kier molecular flexibility index (Phi) is 4.10. The smallest absolute Gasteiger partial charge is 0.265 e. The van der Waals surface area contributed by atoms with Crippen molar-refractivity contribution in [1.82, 2.24) is 0 Å². The van der Waals surface area contributed by atoms with Crippen LogP contribution in [-0.2, 0) is 9.59 Å². The molecule has 0 saturated carbocycles. The number of halogens is 1. The zero-order chi connectivity index (χ0) is 14.0. The van der Waals surface area contributed by atoms with Crippen molar-refractivity contribution in [3.05, 3.63) is 23.2 Å². The first kappa shape index (κ1) is 13.9. The van der Waals surface area contributed by atoms with Gasteiger partial charge in [-0.1, -0.05) is 25.4 Å². The maximum Gasteiger partial charge on any atom is 0.265 e. The monoisotopic (exact) mass is 281 g/mol. The van der Waals surface area contributed by atoms with Gasteiger partial charge in [-0.05, 0) is 24.6 Å². The maximum atomic E-state index is 12.0. The predicted molar refractivity (Wildman–Crippen MR) is 73.8 cm³/mol. The molecule has 0 N–H and O–H groups in total. The van der Waals surface area contributed by atoms with Gasteiger partial charge in [0.05, 0.1) is 12.2 Å². The fourth-order valence-corrected chi connectivity index (χ4v) is 2.05. The van der Waals surface area contributed by atoms with Crippen LogP contribution in [0.25, 0.3) is 0 Å². The highest BCUT2D eigenvalue weighted by atomic mass is 35.5. The van der Waals surface area contributed by atoms with Crippen LogP contribution in [0, 0.1) is 5.92 Å². The maximum absolute atomic E-state index is 12.0. The number of amides is 1. The third kappa shape index (κ3) is 2.89. The molecule has 0 spiro atoms. The first-order chi connectivity index (χ1) is 9.02. The van der Waals surface area contributed by atoms with Crippen molar-refractivity contribution in [2.75, 3.05) is 18.1 Å². The van der Waals surface area contributed by atoms with E-state index in [-0.39, 0.29) is 30.8 Å². The summed E-state index contributed by atoms with van der Waals surface area (Å²) in [5.74, 6) is 0.356. The molecule has 0 aliphatic carbocycles. The number of fused-ring (bicyclic) bond motifs is 1. The zero-order valence-electron chi connectivity index (χ0n) is 11.0. The SMILES string of the molecule is CCC(C)C(=O)CN1C(=O)COc2ccc(Cl)cc21. The number of hydrogen-bond donors (Lipinski definition) is 0. The summed E-state index contributed by atoms with van der Waals surface area (Å²) in [5, 5.41) is 0.512. The second kappa shape index (κ2) is 5.61. The Labute approximate surface area is 117 Å². The Hall–Kier alpha value is -1.55. The highest BCUT2D eigenvalue weighted by Crippen LogP contribution is 2.34. The van der Waals surface area contributed by atoms with Crippen LogP contribution in [0.5, 0.6) is 5.75 Å². The Morgan fingerprint density at radius 3 is 2.95 bits per heavy atom. The molecule has 0 saturated heterocycles. The third-order valence-electron chi connectivity index (χ3n) is 3.34. The Balaban J connectivity index is 2.27. The molecule has 5 heteroatoms. The summed E-state index contributed by atoms with van der Waals surface area (Å²) in [6.45, 7) is 3.85. The van der Waals surface area contributed by atoms with Gasteiger partial charge in [0, 0.05) is 10.9 Å². The normalized spacial score (nSPS) is 15.7. The highest BCUT2D eigenvalue weighted by molar-refractivity contribution is 6.31. The number of hydrogen-bond acceptors (Lipinski definition) is 3. The summed E-state index contributed by atoms with van der Waals surface area (Å²) in [5.41, 5.74) is 0.570. The van der Waals surface area contributed by atoms with Crippen molar-refractivity contribution >= 4 is 29.0 Å². The van der Waals surface area contributed by atoms with Crippen LogP contribution < -0.4 is 9.64 Å². The van der Waals surface area contributed by atoms with E-state index in [1.54, 1.807) is 18.2 Å². The number of anilines is 1. The Morgan fingerprint density at radius 1 is 1.53 bits per heavy atom. The minimum Gasteiger partial charge on any atom is -0.482 e. The molecule has 1 heterocycles. The quantitative estimate of drug-likeness (QED) is 0.852. The van der Waals surface area contributed by atoms with Gasteiger partial charge in [-0.15, -0.1) is 0 Å². The van der Waals surface area contributed by atoms with Crippen molar-refractivity contribution in [3.63, 3.8) is 0 Å². The molecule has 19 heavy (non-hydrogen) atoms. The fraction of sp³-hybridized carbons (Fsp3) is 0.429. The number of ketones is 1. The lowest BCUT2D eigenvalue weighted by atomic mass is 10.0. The van der Waals surface area contributed by atoms with Gasteiger partial charge in [0.15, 0.2) is 12.4 Å². The molecule has 1 aliphatic rings. The molecule has 1 amide bonds. The van der Waals surface area contributed by atoms with Crippen molar-refractivity contribution < 1.29 is 14.3 Å². The van der Waals surface area contributed by atoms with Crippen LogP contribution in [0.15, 0.2) is 18.2 Å². The van der Waals surface area contributed by atoms with Gasteiger partial charge in [-0.3, -0.25) is 14.5 Å². The summed E-state index contributed by atoms with van der Waals surface area (Å²) in [7, 11) is 0. The van der Waals surface area contributed by atoms with Crippen LogP contribution in [0.2, 0.25) is 5.02 Å². The molecule has 0 fully saturated rings. The molecular weight excluding hydrogens is 266 g/mol. The van der Waals surface area contributed by atoms with Gasteiger partial charge in [0.1, 0.15) is 5.75 Å². The van der Waals surface area contributed by atoms with Gasteiger partial charge in [-0.2, -0.15) is 0 Å². The number of ether oxygens (including phenoxy) is 1. The van der Waals surface area contributed by atoms with Gasteiger partial charge in [-0.25, -0.2) is 0 Å². The van der Waals surface area contributed by atoms with Gasteiger partial charge in [0.2, 0.25) is 0 Å². The van der Waals surface area contributed by atoms with Crippen LogP contribution in [0.1, 0.15) is 20.3 Å². The number of nitrogens with zero attached hydrogens (tertiary/aromatic N) is 1. The average molecular weight is 282 g/mol. The standard InChI is InChI=1S/C14H16ClNO3/c1-3-9(2)12(17)7-16-11-6-10(15)4-5-13(11)19-8-14(16)18/h4-6,9H,3,7-8H2,1-2H3. The van der Waals surface area contributed by atoms with E-state index in [1.165, 1.54) is 4.90 Å². The first-order valence-electron chi connectivity index (χ1n) is 6.28. The third-order valence-corrected chi connectivity index (χ3v) is 3.58. The van der Waals surface area contributed by atoms with Crippen molar-refractivity contribution in [1.29, 1.82) is 0 Å². The van der Waals surface area contributed by atoms with Crippen LogP contribution in [-0.4, -0.2) is 24.8 Å². The molecule has 1 aliphatic heterocycles. The van der Waals surface area contributed by atoms with E-state index in [1.807, 2.05) is 13.8 Å². The molecular formula is C14H16ClNO3. The topological polar surface area (TPSA) is 46.6 Å². The van der Waals surface area contributed by atoms with Gasteiger partial charge >= 0.3 is 0 Å². The van der Waals surface area contributed by atoms with E-state index in [4.69, 9.17) is 16.3 Å². The number of benzene rings is 1. The van der Waals surface area contributed by atoms with Crippen LogP contribution in [0.4, 0.5) is 5.69 Å². The summed E-state index contributed by atoms with van der Waals surface area (Å²) in [6, 6.07) is 5.06. The molecule has 0 aromatic heterocycles. The Morgan fingerprint density at radius 2 is 2.26 bits per heavy atom. The highest BCUT2D eigenvalue weighted by Gasteiger charge is 2.28. The fourth-order valence-electron chi connectivity index (χ4n) is 1.89. The zero-order valence-corrected chi connectivity index (χ0v) is 11.7. The van der Waals surface area contributed by atoms with Gasteiger partial charge < -0.3 is 4.74 Å². The summed E-state index contributed by atoms with van der Waals surface area (Å²) < 4.78 is 5.33. The minimum absolute atomic E-state index is 0.0393. The number of carbonyl (C=O) groups excluding carboxylic acids is 2. The lowest BCUT2D eigenvalue weighted by molar-refractivity contribution is -0.126. The Bertz CT molecular complexity index is 515. The predicted octanol–water partition coefficient (Wildman–Crippen LogP) is 2.68. The van der Waals surface area contributed by atoms with Gasteiger partial charge in [0.25, 0.3) is 5.91 Å². The number of carbonyl (C=O) groups is 2. The lowest BCUT2D eigenvalue weighted by Gasteiger charge is -2.29. The molecule has 1 atom stereocenters. The van der Waals surface area contributed by atoms with E-state index in [2.05, 4.69) is 0 Å². The van der Waals surface area contributed by atoms with E-state index >= 15 is 0 Å². The van der Waals surface area contributed by atoms with E-state index in [9.17, 15) is 9.59 Å². The second-order valence-electron chi connectivity index (χ2n) is 4.66. The summed E-state index contributed by atoms with van der Waals surface area (Å²) in [4.78, 5) is 25.4. The van der Waals surface area contributed by atoms with Crippen molar-refractivity contribution in [2.24, 2.45) is 5.92 Å². The van der Waals surface area contributed by atoms with Crippen molar-refractivity contribution in [2.45, 2.75) is 20.3 Å². The van der Waals surface area contributed by atoms with Crippen LogP contribution in [0.3, 0.4) is 0 Å². The number of Topliss-reactive ketones (excluding diaryl/α,β-unsaturated/α-hetero) is 1.